The fourth-order valence-electron chi connectivity index (χ4n) is 3.29. The van der Waals surface area contributed by atoms with Crippen LogP contribution in [-0.4, -0.2) is 51.9 Å². The molecule has 0 aromatic carbocycles. The van der Waals surface area contributed by atoms with Gasteiger partial charge in [-0.2, -0.15) is 0 Å². The first-order valence-electron chi connectivity index (χ1n) is 9.61. The summed E-state index contributed by atoms with van der Waals surface area (Å²) in [7, 11) is 3.95. The van der Waals surface area contributed by atoms with E-state index < -0.39 is 17.4 Å². The number of rotatable bonds is 5. The van der Waals surface area contributed by atoms with Gasteiger partial charge in [-0.05, 0) is 32.3 Å². The zero-order valence-corrected chi connectivity index (χ0v) is 17.9. The molecule has 0 fully saturated rings. The van der Waals surface area contributed by atoms with E-state index in [9.17, 15) is 14.4 Å². The fraction of sp³-hybridized carbons (Fsp3) is 0.591. The predicted octanol–water partition coefficient (Wildman–Crippen LogP) is 3.15. The molecule has 0 saturated heterocycles. The topological polar surface area (TPSA) is 88.1 Å². The summed E-state index contributed by atoms with van der Waals surface area (Å²) in [4.78, 5) is 37.6. The molecule has 2 atom stereocenters. The third-order valence-electron chi connectivity index (χ3n) is 4.97. The molecule has 1 aliphatic rings. The lowest BCUT2D eigenvalue weighted by Crippen LogP contribution is -2.42. The van der Waals surface area contributed by atoms with Crippen LogP contribution in [0, 0.1) is 11.3 Å². The highest BCUT2D eigenvalue weighted by Crippen LogP contribution is 2.32. The number of ketones is 1. The van der Waals surface area contributed by atoms with Crippen molar-refractivity contribution >= 4 is 17.7 Å². The number of hydrogen-bond donors (Lipinski definition) is 0. The zero-order chi connectivity index (χ0) is 21.9. The Labute approximate surface area is 172 Å². The van der Waals surface area contributed by atoms with Crippen LogP contribution in [-0.2, 0) is 33.3 Å². The zero-order valence-electron chi connectivity index (χ0n) is 17.9. The third-order valence-corrected chi connectivity index (χ3v) is 4.97. The summed E-state index contributed by atoms with van der Waals surface area (Å²) in [6.07, 6.45) is 9.65. The van der Waals surface area contributed by atoms with Gasteiger partial charge in [-0.3, -0.25) is 14.4 Å². The number of carbonyl (C=O) groups excluding carboxylic acids is 3. The molecular weight excluding hydrogens is 376 g/mol. The number of methoxy groups -OCH3 is 3. The molecule has 7 heteroatoms. The summed E-state index contributed by atoms with van der Waals surface area (Å²) in [5.41, 5.74) is -0.866. The average Bonchev–Trinajstić information content (AvgIpc) is 2.70. The highest BCUT2D eigenvalue weighted by molar-refractivity contribution is 6.06. The fourth-order valence-corrected chi connectivity index (χ4v) is 3.29. The lowest BCUT2D eigenvalue weighted by molar-refractivity contribution is -0.170. The van der Waals surface area contributed by atoms with Gasteiger partial charge in [0.25, 0.3) is 0 Å². The van der Waals surface area contributed by atoms with Gasteiger partial charge in [0, 0.05) is 19.4 Å². The molecule has 29 heavy (non-hydrogen) atoms. The van der Waals surface area contributed by atoms with Crippen molar-refractivity contribution in [1.29, 1.82) is 0 Å². The molecule has 0 bridgehead atoms. The van der Waals surface area contributed by atoms with Gasteiger partial charge < -0.3 is 18.9 Å². The van der Waals surface area contributed by atoms with E-state index in [4.69, 9.17) is 18.9 Å². The molecule has 7 nitrogen and oxygen atoms in total. The molecule has 0 spiro atoms. The highest BCUT2D eigenvalue weighted by Gasteiger charge is 2.48. The van der Waals surface area contributed by atoms with E-state index in [2.05, 4.69) is 0 Å². The lowest BCUT2D eigenvalue weighted by Gasteiger charge is -2.26. The Morgan fingerprint density at radius 1 is 1.14 bits per heavy atom. The largest absolute Gasteiger partial charge is 0.468 e. The van der Waals surface area contributed by atoms with Crippen molar-refractivity contribution in [3.05, 3.63) is 36.0 Å². The number of ether oxygens (including phenoxy) is 4. The van der Waals surface area contributed by atoms with Gasteiger partial charge in [0.2, 0.25) is 0 Å². The van der Waals surface area contributed by atoms with Crippen molar-refractivity contribution in [2.75, 3.05) is 28.1 Å². The van der Waals surface area contributed by atoms with Crippen molar-refractivity contribution in [3.8, 4) is 0 Å². The van der Waals surface area contributed by atoms with Crippen LogP contribution in [0.2, 0.25) is 0 Å². The standard InChI is InChI=1S/C22H32O7/c1-16-10-11-19(29-15-26-3)17(2)9-7-6-8-12-22(20(24)27-4,21(25)28-5)14-18(23)13-16/h6-9,13,17,19H,10-12,14-15H2,1-5H3/b8-6-,9-7+,16-13-/t17-,19-/m1/s1. The molecule has 0 aromatic rings. The Balaban J connectivity index is 3.27. The summed E-state index contributed by atoms with van der Waals surface area (Å²) in [6, 6.07) is 0. The quantitative estimate of drug-likeness (QED) is 0.392. The Kier molecular flexibility index (Phi) is 10.5. The second-order valence-electron chi connectivity index (χ2n) is 7.23. The van der Waals surface area contributed by atoms with Gasteiger partial charge >= 0.3 is 11.9 Å². The van der Waals surface area contributed by atoms with E-state index in [1.165, 1.54) is 20.3 Å². The van der Waals surface area contributed by atoms with Crippen LogP contribution < -0.4 is 0 Å². The number of allylic oxidation sites excluding steroid dienone is 5. The number of hydrogen-bond acceptors (Lipinski definition) is 7. The van der Waals surface area contributed by atoms with Crippen LogP contribution in [0.25, 0.3) is 0 Å². The molecule has 0 amide bonds. The monoisotopic (exact) mass is 408 g/mol. The molecule has 0 unspecified atom stereocenters. The first-order valence-corrected chi connectivity index (χ1v) is 9.61. The first kappa shape index (κ1) is 24.8. The summed E-state index contributed by atoms with van der Waals surface area (Å²) in [5, 5.41) is 0. The lowest BCUT2D eigenvalue weighted by atomic mass is 9.79. The first-order chi connectivity index (χ1) is 13.8. The Morgan fingerprint density at radius 3 is 2.38 bits per heavy atom. The second kappa shape index (κ2) is 12.3. The highest BCUT2D eigenvalue weighted by atomic mass is 16.7. The van der Waals surface area contributed by atoms with Crippen LogP contribution in [0.1, 0.15) is 39.5 Å². The maximum Gasteiger partial charge on any atom is 0.324 e. The van der Waals surface area contributed by atoms with Crippen LogP contribution in [0.3, 0.4) is 0 Å². The summed E-state index contributed by atoms with van der Waals surface area (Å²) in [5.74, 6) is -1.80. The van der Waals surface area contributed by atoms with Crippen molar-refractivity contribution in [2.24, 2.45) is 11.3 Å². The minimum absolute atomic E-state index is 0.00665. The molecule has 1 rings (SSSR count). The summed E-state index contributed by atoms with van der Waals surface area (Å²) >= 11 is 0. The third kappa shape index (κ3) is 7.25. The predicted molar refractivity (Wildman–Crippen MR) is 108 cm³/mol. The second-order valence-corrected chi connectivity index (χ2v) is 7.23. The molecule has 0 heterocycles. The average molecular weight is 408 g/mol. The van der Waals surface area contributed by atoms with E-state index in [0.29, 0.717) is 12.8 Å². The molecule has 0 aliphatic heterocycles. The van der Waals surface area contributed by atoms with E-state index in [0.717, 1.165) is 5.57 Å². The normalized spacial score (nSPS) is 27.1. The van der Waals surface area contributed by atoms with E-state index in [1.807, 2.05) is 26.0 Å². The van der Waals surface area contributed by atoms with Crippen LogP contribution in [0.5, 0.6) is 0 Å². The molecule has 0 radical (unpaired) electrons. The number of esters is 2. The van der Waals surface area contributed by atoms with E-state index in [-0.39, 0.29) is 37.4 Å². The smallest absolute Gasteiger partial charge is 0.324 e. The maximum absolute atomic E-state index is 12.7. The van der Waals surface area contributed by atoms with Crippen molar-refractivity contribution < 1.29 is 33.3 Å². The van der Waals surface area contributed by atoms with Gasteiger partial charge in [-0.1, -0.05) is 36.8 Å². The van der Waals surface area contributed by atoms with Crippen LogP contribution >= 0.6 is 0 Å². The van der Waals surface area contributed by atoms with E-state index in [1.54, 1.807) is 19.3 Å². The molecule has 162 valence electrons. The minimum atomic E-state index is -1.71. The van der Waals surface area contributed by atoms with Crippen molar-refractivity contribution in [1.82, 2.24) is 0 Å². The molecule has 0 saturated carbocycles. The van der Waals surface area contributed by atoms with Crippen LogP contribution in [0.4, 0.5) is 0 Å². The van der Waals surface area contributed by atoms with Gasteiger partial charge in [-0.25, -0.2) is 0 Å². The molecule has 0 aromatic heterocycles. The molecule has 0 N–H and O–H groups in total. The molecule has 1 aliphatic carbocycles. The Bertz CT molecular complexity index is 644. The Morgan fingerprint density at radius 2 is 1.79 bits per heavy atom. The van der Waals surface area contributed by atoms with Gasteiger partial charge in [-0.15, -0.1) is 0 Å². The number of carbonyl (C=O) groups is 3. The van der Waals surface area contributed by atoms with Crippen LogP contribution in [0.15, 0.2) is 36.0 Å². The Hall–Kier alpha value is -2.25. The maximum atomic E-state index is 12.7. The van der Waals surface area contributed by atoms with Crippen molar-refractivity contribution in [2.45, 2.75) is 45.6 Å². The van der Waals surface area contributed by atoms with Crippen molar-refractivity contribution in [3.63, 3.8) is 0 Å². The SMILES string of the molecule is COCO[C@@H]1CC/C(C)=C\C(=O)CC(C(=O)OC)(C(=O)OC)C/C=C\C=C\[C@H]1C. The summed E-state index contributed by atoms with van der Waals surface area (Å²) < 4.78 is 20.5. The van der Waals surface area contributed by atoms with Gasteiger partial charge in [0.1, 0.15) is 6.79 Å². The van der Waals surface area contributed by atoms with E-state index >= 15 is 0 Å². The minimum Gasteiger partial charge on any atom is -0.468 e. The van der Waals surface area contributed by atoms with Gasteiger partial charge in [0.05, 0.1) is 20.3 Å². The van der Waals surface area contributed by atoms with Gasteiger partial charge in [0.15, 0.2) is 11.2 Å². The summed E-state index contributed by atoms with van der Waals surface area (Å²) in [6.45, 7) is 4.07. The molecular formula is C22H32O7.